The Morgan fingerprint density at radius 1 is 1.48 bits per heavy atom. The van der Waals surface area contributed by atoms with E-state index in [0.29, 0.717) is 29.4 Å². The van der Waals surface area contributed by atoms with Crippen molar-refractivity contribution >= 4 is 40.1 Å². The summed E-state index contributed by atoms with van der Waals surface area (Å²) in [6, 6.07) is 1.91. The maximum atomic E-state index is 11.5. The van der Waals surface area contributed by atoms with Gasteiger partial charge in [0.25, 0.3) is 0 Å². The van der Waals surface area contributed by atoms with Crippen LogP contribution in [0.5, 0.6) is 0 Å². The van der Waals surface area contributed by atoms with Crippen LogP contribution in [0.25, 0.3) is 22.0 Å². The summed E-state index contributed by atoms with van der Waals surface area (Å²) in [5.41, 5.74) is 4.97. The number of aromatic nitrogens is 3. The molecule has 5 nitrogen and oxygen atoms in total. The molecular weight excluding hydrogens is 361 g/mol. The third-order valence-corrected chi connectivity index (χ3v) is 5.85. The molecule has 7 heteroatoms. The van der Waals surface area contributed by atoms with Crippen LogP contribution >= 0.6 is 23.2 Å². The van der Waals surface area contributed by atoms with Gasteiger partial charge in [-0.25, -0.2) is 0 Å². The molecular formula is C18H17Cl2N3O2. The number of hydrogen-bond acceptors (Lipinski definition) is 2. The predicted molar refractivity (Wildman–Crippen MR) is 98.4 cm³/mol. The fourth-order valence-corrected chi connectivity index (χ4v) is 4.35. The van der Waals surface area contributed by atoms with Gasteiger partial charge in [-0.15, -0.1) is 0 Å². The Balaban J connectivity index is 2.11. The van der Waals surface area contributed by atoms with E-state index in [1.807, 2.05) is 12.3 Å². The first kappa shape index (κ1) is 16.5. The maximum Gasteiger partial charge on any atom is 0.306 e. The van der Waals surface area contributed by atoms with Crippen molar-refractivity contribution in [3.8, 4) is 11.1 Å². The van der Waals surface area contributed by atoms with Crippen LogP contribution in [0.1, 0.15) is 24.6 Å². The number of H-pyrrole nitrogens is 1. The highest BCUT2D eigenvalue weighted by Crippen LogP contribution is 2.45. The molecule has 4 rings (SSSR count). The van der Waals surface area contributed by atoms with Crippen molar-refractivity contribution in [3.63, 3.8) is 0 Å². The fraction of sp³-hybridized carbons (Fsp3) is 0.333. The summed E-state index contributed by atoms with van der Waals surface area (Å²) in [7, 11) is 0. The Morgan fingerprint density at radius 3 is 2.92 bits per heavy atom. The molecule has 1 aliphatic rings. The summed E-state index contributed by atoms with van der Waals surface area (Å²) >= 11 is 12.9. The number of aryl methyl sites for hydroxylation is 2. The van der Waals surface area contributed by atoms with Gasteiger partial charge in [0.1, 0.15) is 0 Å². The van der Waals surface area contributed by atoms with Gasteiger partial charge in [-0.1, -0.05) is 30.1 Å². The normalized spacial score (nSPS) is 17.0. The summed E-state index contributed by atoms with van der Waals surface area (Å²) in [6.07, 6.45) is 5.47. The Bertz CT molecular complexity index is 977. The molecule has 130 valence electrons. The van der Waals surface area contributed by atoms with Crippen LogP contribution < -0.4 is 0 Å². The molecule has 0 bridgehead atoms. The lowest BCUT2D eigenvalue weighted by Crippen LogP contribution is -2.25. The van der Waals surface area contributed by atoms with Crippen LogP contribution in [-0.2, 0) is 24.2 Å². The molecule has 3 heterocycles. The molecule has 0 aliphatic carbocycles. The number of nitrogens with zero attached hydrogens (tertiary/aromatic N) is 2. The lowest BCUT2D eigenvalue weighted by molar-refractivity contribution is -0.142. The highest BCUT2D eigenvalue weighted by molar-refractivity contribution is 6.45. The zero-order chi connectivity index (χ0) is 17.7. The van der Waals surface area contributed by atoms with Crippen LogP contribution in [-0.4, -0.2) is 25.8 Å². The first-order valence-electron chi connectivity index (χ1n) is 8.26. The summed E-state index contributed by atoms with van der Waals surface area (Å²) in [5.74, 6) is -1.14. The van der Waals surface area contributed by atoms with Crippen LogP contribution in [0, 0.1) is 5.92 Å². The van der Waals surface area contributed by atoms with Crippen molar-refractivity contribution in [2.45, 2.75) is 32.7 Å². The molecule has 25 heavy (non-hydrogen) atoms. The maximum absolute atomic E-state index is 11.5. The summed E-state index contributed by atoms with van der Waals surface area (Å²) in [6.45, 7) is 2.69. The van der Waals surface area contributed by atoms with Crippen LogP contribution in [0.15, 0.2) is 18.5 Å². The minimum absolute atomic E-state index is 0.387. The molecule has 1 unspecified atom stereocenters. The van der Waals surface area contributed by atoms with Crippen LogP contribution in [0.2, 0.25) is 10.0 Å². The largest absolute Gasteiger partial charge is 0.481 e. The van der Waals surface area contributed by atoms with Crippen molar-refractivity contribution in [3.05, 3.63) is 39.8 Å². The number of aromatic amines is 1. The van der Waals surface area contributed by atoms with Crippen molar-refractivity contribution in [1.29, 1.82) is 0 Å². The zero-order valence-corrected chi connectivity index (χ0v) is 15.2. The molecule has 2 aromatic heterocycles. The van der Waals surface area contributed by atoms with Crippen molar-refractivity contribution in [1.82, 2.24) is 14.8 Å². The molecule has 0 amide bonds. The Morgan fingerprint density at radius 2 is 2.28 bits per heavy atom. The smallest absolute Gasteiger partial charge is 0.306 e. The van der Waals surface area contributed by atoms with Gasteiger partial charge in [0, 0.05) is 41.4 Å². The minimum Gasteiger partial charge on any atom is -0.481 e. The van der Waals surface area contributed by atoms with Gasteiger partial charge in [-0.05, 0) is 24.5 Å². The van der Waals surface area contributed by atoms with Crippen LogP contribution in [0.4, 0.5) is 0 Å². The standard InChI is InChI=1S/C18H17Cl2N3O2/c1-2-9-5-12(19)16(20)17-15(9)14(11-7-21-22-8-11)13-6-10(18(24)25)3-4-23(13)17/h5,7-8,10H,2-4,6H2,1H3,(H,21,22)(H,24,25). The minimum atomic E-state index is -0.755. The van der Waals surface area contributed by atoms with E-state index in [1.165, 1.54) is 0 Å². The van der Waals surface area contributed by atoms with E-state index < -0.39 is 5.97 Å². The lowest BCUT2D eigenvalue weighted by Gasteiger charge is -2.23. The van der Waals surface area contributed by atoms with Gasteiger partial charge in [-0.2, -0.15) is 5.10 Å². The first-order chi connectivity index (χ1) is 12.0. The highest BCUT2D eigenvalue weighted by atomic mass is 35.5. The van der Waals surface area contributed by atoms with E-state index in [1.54, 1.807) is 6.20 Å². The number of carboxylic acids is 1. The molecule has 0 saturated heterocycles. The van der Waals surface area contributed by atoms with Crippen LogP contribution in [0.3, 0.4) is 0 Å². The summed E-state index contributed by atoms with van der Waals surface area (Å²) < 4.78 is 2.14. The van der Waals surface area contributed by atoms with E-state index in [2.05, 4.69) is 21.7 Å². The average molecular weight is 378 g/mol. The average Bonchev–Trinajstić information content (AvgIpc) is 3.22. The van der Waals surface area contributed by atoms with Crippen molar-refractivity contribution < 1.29 is 9.90 Å². The molecule has 0 fully saturated rings. The first-order valence-corrected chi connectivity index (χ1v) is 9.02. The number of nitrogens with one attached hydrogen (secondary N) is 1. The van der Waals surface area contributed by atoms with Gasteiger partial charge >= 0.3 is 5.97 Å². The molecule has 0 spiro atoms. The molecule has 1 atom stereocenters. The van der Waals surface area contributed by atoms with Gasteiger partial charge in [-0.3, -0.25) is 9.89 Å². The van der Waals surface area contributed by atoms with Gasteiger partial charge in [0.2, 0.25) is 0 Å². The second-order valence-electron chi connectivity index (χ2n) is 6.40. The number of aliphatic carboxylic acids is 1. The highest BCUT2D eigenvalue weighted by Gasteiger charge is 2.31. The monoisotopic (exact) mass is 377 g/mol. The second kappa shape index (κ2) is 6.07. The van der Waals surface area contributed by atoms with E-state index in [4.69, 9.17) is 23.2 Å². The van der Waals surface area contributed by atoms with E-state index in [9.17, 15) is 9.90 Å². The van der Waals surface area contributed by atoms with Gasteiger partial charge in [0.15, 0.2) is 0 Å². The summed E-state index contributed by atoms with van der Waals surface area (Å²) in [5, 5.41) is 18.5. The van der Waals surface area contributed by atoms with E-state index >= 15 is 0 Å². The van der Waals surface area contributed by atoms with Gasteiger partial charge < -0.3 is 9.67 Å². The zero-order valence-electron chi connectivity index (χ0n) is 13.6. The Hall–Kier alpha value is -1.98. The molecule has 0 radical (unpaired) electrons. The summed E-state index contributed by atoms with van der Waals surface area (Å²) in [4.78, 5) is 11.5. The molecule has 1 aliphatic heterocycles. The topological polar surface area (TPSA) is 70.9 Å². The molecule has 3 aromatic rings. The lowest BCUT2D eigenvalue weighted by atomic mass is 9.92. The predicted octanol–water partition coefficient (Wildman–Crippen LogP) is 4.55. The third-order valence-electron chi connectivity index (χ3n) is 5.07. The molecule has 0 saturated carbocycles. The third kappa shape index (κ3) is 2.45. The Labute approximate surface area is 154 Å². The second-order valence-corrected chi connectivity index (χ2v) is 7.18. The number of benzene rings is 1. The van der Waals surface area contributed by atoms with Crippen molar-refractivity contribution in [2.24, 2.45) is 5.92 Å². The molecule has 1 aromatic carbocycles. The number of carboxylic acid groups (broad SMARTS) is 1. The SMILES string of the molecule is CCc1cc(Cl)c(Cl)c2c1c(-c1cn[nH]c1)c1n2CCC(C(=O)O)C1. The number of fused-ring (bicyclic) bond motifs is 3. The number of halogens is 2. The number of rotatable bonds is 3. The number of carbonyl (C=O) groups is 1. The van der Waals surface area contributed by atoms with E-state index in [0.717, 1.165) is 39.7 Å². The van der Waals surface area contributed by atoms with Gasteiger partial charge in [0.05, 0.1) is 27.7 Å². The van der Waals surface area contributed by atoms with E-state index in [-0.39, 0.29) is 5.92 Å². The number of hydrogen-bond donors (Lipinski definition) is 2. The molecule has 2 N–H and O–H groups in total. The van der Waals surface area contributed by atoms with Crippen molar-refractivity contribution in [2.75, 3.05) is 0 Å². The Kier molecular flexibility index (Phi) is 4.01. The quantitative estimate of drug-likeness (QED) is 0.703. The fourth-order valence-electron chi connectivity index (χ4n) is 3.88.